The number of thiophene rings is 1. The normalized spacial score (nSPS) is 11.9. The first-order chi connectivity index (χ1) is 11.5. The molecule has 0 bridgehead atoms. The number of carbonyl (C=O) groups is 1. The Balaban J connectivity index is 2.34. The average molecular weight is 349 g/mol. The monoisotopic (exact) mass is 349 g/mol. The van der Waals surface area contributed by atoms with Gasteiger partial charge in [0.2, 0.25) is 0 Å². The van der Waals surface area contributed by atoms with Crippen molar-refractivity contribution in [2.75, 3.05) is 21.3 Å². The molecule has 0 aliphatic rings. The maximum atomic E-state index is 12.8. The molecule has 0 unspecified atom stereocenters. The number of amides is 1. The summed E-state index contributed by atoms with van der Waals surface area (Å²) in [5.41, 5.74) is 0.414. The molecule has 0 spiro atoms. The highest BCUT2D eigenvalue weighted by atomic mass is 32.1. The number of nitrogens with one attached hydrogen (secondary N) is 1. The Morgan fingerprint density at radius 2 is 1.67 bits per heavy atom. The second-order valence-electron chi connectivity index (χ2n) is 5.62. The lowest BCUT2D eigenvalue weighted by Crippen LogP contribution is -2.31. The van der Waals surface area contributed by atoms with Crippen LogP contribution in [0.5, 0.6) is 17.2 Å². The van der Waals surface area contributed by atoms with Crippen LogP contribution in [0.2, 0.25) is 0 Å². The molecular formula is C18H23NO4S. The van der Waals surface area contributed by atoms with E-state index in [9.17, 15) is 4.79 Å². The summed E-state index contributed by atoms with van der Waals surface area (Å²) in [6.45, 7) is 4.16. The molecule has 1 N–H and O–H groups in total. The number of benzene rings is 1. The lowest BCUT2D eigenvalue weighted by molar-refractivity contribution is 0.0923. The van der Waals surface area contributed by atoms with Gasteiger partial charge in [0.15, 0.2) is 11.5 Å². The number of hydrogen-bond donors (Lipinski definition) is 1. The zero-order chi connectivity index (χ0) is 17.7. The summed E-state index contributed by atoms with van der Waals surface area (Å²) in [6, 6.07) is 7.25. The molecule has 24 heavy (non-hydrogen) atoms. The maximum absolute atomic E-state index is 12.8. The SMILES string of the molecule is COc1cc(OC)c(C(=O)N[C@@H](c2cccs2)C(C)C)cc1OC. The molecule has 1 heterocycles. The summed E-state index contributed by atoms with van der Waals surface area (Å²) < 4.78 is 15.9. The van der Waals surface area contributed by atoms with Crippen LogP contribution in [0.25, 0.3) is 0 Å². The Hall–Kier alpha value is -2.21. The molecule has 2 rings (SSSR count). The molecule has 1 aromatic carbocycles. The van der Waals surface area contributed by atoms with Gasteiger partial charge in [-0.1, -0.05) is 19.9 Å². The van der Waals surface area contributed by atoms with E-state index < -0.39 is 0 Å². The molecule has 0 radical (unpaired) electrons. The molecular weight excluding hydrogens is 326 g/mol. The fourth-order valence-corrected chi connectivity index (χ4v) is 3.41. The first-order valence-electron chi connectivity index (χ1n) is 7.66. The van der Waals surface area contributed by atoms with Crippen molar-refractivity contribution in [2.24, 2.45) is 5.92 Å². The van der Waals surface area contributed by atoms with Crippen LogP contribution in [-0.2, 0) is 0 Å². The van der Waals surface area contributed by atoms with Gasteiger partial charge in [-0.25, -0.2) is 0 Å². The van der Waals surface area contributed by atoms with Crippen LogP contribution in [0.1, 0.15) is 35.1 Å². The third-order valence-corrected chi connectivity index (χ3v) is 4.71. The van der Waals surface area contributed by atoms with E-state index in [1.165, 1.54) is 14.2 Å². The molecule has 0 saturated carbocycles. The molecule has 130 valence electrons. The van der Waals surface area contributed by atoms with Gasteiger partial charge in [0, 0.05) is 17.0 Å². The van der Waals surface area contributed by atoms with E-state index in [4.69, 9.17) is 14.2 Å². The lowest BCUT2D eigenvalue weighted by Gasteiger charge is -2.22. The van der Waals surface area contributed by atoms with Crippen molar-refractivity contribution in [1.82, 2.24) is 5.32 Å². The summed E-state index contributed by atoms with van der Waals surface area (Å²) in [4.78, 5) is 13.9. The van der Waals surface area contributed by atoms with Crippen LogP contribution < -0.4 is 19.5 Å². The summed E-state index contributed by atoms with van der Waals surface area (Å²) in [5, 5.41) is 5.10. The van der Waals surface area contributed by atoms with Crippen LogP contribution in [0, 0.1) is 5.92 Å². The largest absolute Gasteiger partial charge is 0.496 e. The smallest absolute Gasteiger partial charge is 0.255 e. The Morgan fingerprint density at radius 1 is 1.04 bits per heavy atom. The fraction of sp³-hybridized carbons (Fsp3) is 0.389. The van der Waals surface area contributed by atoms with Crippen LogP contribution in [0.15, 0.2) is 29.6 Å². The molecule has 2 aromatic rings. The molecule has 1 aromatic heterocycles. The number of ether oxygens (including phenoxy) is 3. The standard InChI is InChI=1S/C18H23NO4S/c1-11(2)17(16-7-6-8-24-16)19-18(20)12-9-14(22-4)15(23-5)10-13(12)21-3/h6-11,17H,1-5H3,(H,19,20)/t17-/m1/s1. The molecule has 0 aliphatic heterocycles. The summed E-state index contributed by atoms with van der Waals surface area (Å²) >= 11 is 1.63. The van der Waals surface area contributed by atoms with Gasteiger partial charge in [0.1, 0.15) is 5.75 Å². The highest BCUT2D eigenvalue weighted by Gasteiger charge is 2.23. The van der Waals surface area contributed by atoms with Gasteiger partial charge in [0.25, 0.3) is 5.91 Å². The van der Waals surface area contributed by atoms with Gasteiger partial charge >= 0.3 is 0 Å². The van der Waals surface area contributed by atoms with Gasteiger partial charge in [-0.2, -0.15) is 0 Å². The van der Waals surface area contributed by atoms with Crippen molar-refractivity contribution in [3.05, 3.63) is 40.1 Å². The van der Waals surface area contributed by atoms with Gasteiger partial charge in [-0.05, 0) is 17.4 Å². The number of methoxy groups -OCH3 is 3. The first-order valence-corrected chi connectivity index (χ1v) is 8.54. The van der Waals surface area contributed by atoms with E-state index in [0.29, 0.717) is 22.8 Å². The van der Waals surface area contributed by atoms with Gasteiger partial charge in [-0.3, -0.25) is 4.79 Å². The van der Waals surface area contributed by atoms with Crippen molar-refractivity contribution in [3.63, 3.8) is 0 Å². The molecule has 1 atom stereocenters. The summed E-state index contributed by atoms with van der Waals surface area (Å²) in [7, 11) is 4.61. The zero-order valence-corrected chi connectivity index (χ0v) is 15.4. The number of carbonyl (C=O) groups excluding carboxylic acids is 1. The van der Waals surface area contributed by atoms with Crippen molar-refractivity contribution >= 4 is 17.2 Å². The van der Waals surface area contributed by atoms with Crippen molar-refractivity contribution in [2.45, 2.75) is 19.9 Å². The number of rotatable bonds is 7. The van der Waals surface area contributed by atoms with Gasteiger partial charge < -0.3 is 19.5 Å². The third-order valence-electron chi connectivity index (χ3n) is 3.75. The molecule has 0 fully saturated rings. The highest BCUT2D eigenvalue weighted by molar-refractivity contribution is 7.10. The van der Waals surface area contributed by atoms with E-state index in [0.717, 1.165) is 4.88 Å². The van der Waals surface area contributed by atoms with Gasteiger partial charge in [0.05, 0.1) is 32.9 Å². The van der Waals surface area contributed by atoms with Crippen LogP contribution in [0.3, 0.4) is 0 Å². The fourth-order valence-electron chi connectivity index (χ4n) is 2.46. The topological polar surface area (TPSA) is 56.8 Å². The highest BCUT2D eigenvalue weighted by Crippen LogP contribution is 2.35. The predicted molar refractivity (Wildman–Crippen MR) is 95.5 cm³/mol. The van der Waals surface area contributed by atoms with Crippen LogP contribution in [0.4, 0.5) is 0 Å². The zero-order valence-electron chi connectivity index (χ0n) is 14.6. The van der Waals surface area contributed by atoms with Crippen molar-refractivity contribution in [1.29, 1.82) is 0 Å². The van der Waals surface area contributed by atoms with E-state index in [1.807, 2.05) is 17.5 Å². The third kappa shape index (κ3) is 3.82. The first kappa shape index (κ1) is 18.1. The van der Waals surface area contributed by atoms with Crippen LogP contribution in [-0.4, -0.2) is 27.2 Å². The quantitative estimate of drug-likeness (QED) is 0.824. The van der Waals surface area contributed by atoms with E-state index in [1.54, 1.807) is 30.6 Å². The average Bonchev–Trinajstić information content (AvgIpc) is 3.11. The van der Waals surface area contributed by atoms with Gasteiger partial charge in [-0.15, -0.1) is 11.3 Å². The minimum atomic E-state index is -0.208. The minimum absolute atomic E-state index is 0.0599. The molecule has 0 saturated heterocycles. The van der Waals surface area contributed by atoms with Crippen LogP contribution >= 0.6 is 11.3 Å². The maximum Gasteiger partial charge on any atom is 0.255 e. The van der Waals surface area contributed by atoms with E-state index in [-0.39, 0.29) is 17.9 Å². The molecule has 6 heteroatoms. The minimum Gasteiger partial charge on any atom is -0.496 e. The molecule has 5 nitrogen and oxygen atoms in total. The Bertz CT molecular complexity index is 683. The molecule has 1 amide bonds. The summed E-state index contributed by atoms with van der Waals surface area (Å²) in [5.74, 6) is 1.50. The lowest BCUT2D eigenvalue weighted by atomic mass is 10.0. The van der Waals surface area contributed by atoms with E-state index in [2.05, 4.69) is 19.2 Å². The summed E-state index contributed by atoms with van der Waals surface area (Å²) in [6.07, 6.45) is 0. The van der Waals surface area contributed by atoms with Crippen molar-refractivity contribution in [3.8, 4) is 17.2 Å². The Morgan fingerprint density at radius 3 is 2.17 bits per heavy atom. The second-order valence-corrected chi connectivity index (χ2v) is 6.60. The second kappa shape index (κ2) is 8.06. The number of hydrogen-bond acceptors (Lipinski definition) is 5. The molecule has 0 aliphatic carbocycles. The predicted octanol–water partition coefficient (Wildman–Crippen LogP) is 3.90. The van der Waals surface area contributed by atoms with E-state index >= 15 is 0 Å². The Kier molecular flexibility index (Phi) is 6.09. The Labute approximate surface area is 146 Å². The van der Waals surface area contributed by atoms with Crippen molar-refractivity contribution < 1.29 is 19.0 Å².